The molecule has 0 unspecified atom stereocenters. The van der Waals surface area contributed by atoms with E-state index in [1.54, 1.807) is 6.07 Å². The lowest BCUT2D eigenvalue weighted by Gasteiger charge is -2.08. The van der Waals surface area contributed by atoms with Gasteiger partial charge in [-0.3, -0.25) is 4.79 Å². The zero-order valence-corrected chi connectivity index (χ0v) is 11.3. The van der Waals surface area contributed by atoms with E-state index < -0.39 is 0 Å². The van der Waals surface area contributed by atoms with Crippen LogP contribution in [0.5, 0.6) is 0 Å². The highest BCUT2D eigenvalue weighted by Gasteiger charge is 2.37. The summed E-state index contributed by atoms with van der Waals surface area (Å²) in [6.07, 6.45) is 2.88. The Bertz CT molecular complexity index is 491. The maximum absolute atomic E-state index is 11.9. The second kappa shape index (κ2) is 5.55. The quantitative estimate of drug-likeness (QED) is 0.816. The second-order valence-electron chi connectivity index (χ2n) is 4.97. The maximum Gasteiger partial charge on any atom is 0.252 e. The van der Waals surface area contributed by atoms with Crippen molar-refractivity contribution in [2.75, 3.05) is 13.2 Å². The number of carbonyl (C=O) groups excluding carboxylic acids is 1. The molecule has 2 rings (SSSR count). The first kappa shape index (κ1) is 13.1. The number of amides is 1. The maximum atomic E-state index is 11.9. The molecule has 1 aromatic heterocycles. The van der Waals surface area contributed by atoms with Gasteiger partial charge >= 0.3 is 0 Å². The van der Waals surface area contributed by atoms with Crippen molar-refractivity contribution in [3.63, 3.8) is 0 Å². The van der Waals surface area contributed by atoms with E-state index in [-0.39, 0.29) is 12.5 Å². The summed E-state index contributed by atoms with van der Waals surface area (Å²) in [5.41, 5.74) is 1.01. The van der Waals surface area contributed by atoms with Crippen molar-refractivity contribution >= 4 is 17.2 Å². The highest BCUT2D eigenvalue weighted by molar-refractivity contribution is 7.10. The van der Waals surface area contributed by atoms with Gasteiger partial charge < -0.3 is 10.4 Å². The molecule has 3 nitrogen and oxygen atoms in total. The summed E-state index contributed by atoms with van der Waals surface area (Å²) < 4.78 is 0. The lowest BCUT2D eigenvalue weighted by atomic mass is 10.1. The minimum absolute atomic E-state index is 0.0189. The van der Waals surface area contributed by atoms with E-state index in [2.05, 4.69) is 24.1 Å². The highest BCUT2D eigenvalue weighted by Crippen LogP contribution is 2.44. The molecule has 1 aliphatic carbocycles. The van der Waals surface area contributed by atoms with Crippen LogP contribution < -0.4 is 5.32 Å². The third-order valence-corrected chi connectivity index (χ3v) is 3.93. The third kappa shape index (κ3) is 3.59. The van der Waals surface area contributed by atoms with Crippen molar-refractivity contribution < 1.29 is 9.90 Å². The summed E-state index contributed by atoms with van der Waals surface area (Å²) in [4.78, 5) is 12.7. The van der Waals surface area contributed by atoms with Crippen LogP contribution in [0, 0.1) is 17.3 Å². The summed E-state index contributed by atoms with van der Waals surface area (Å²) in [7, 11) is 0. The average molecular weight is 263 g/mol. The van der Waals surface area contributed by atoms with Gasteiger partial charge in [0.2, 0.25) is 0 Å². The summed E-state index contributed by atoms with van der Waals surface area (Å²) in [5, 5.41) is 13.4. The highest BCUT2D eigenvalue weighted by atomic mass is 32.1. The molecular formula is C14H17NO2S. The Morgan fingerprint density at radius 3 is 3.06 bits per heavy atom. The molecule has 0 aromatic carbocycles. The van der Waals surface area contributed by atoms with Crippen molar-refractivity contribution in [2.24, 2.45) is 5.41 Å². The van der Waals surface area contributed by atoms with Crippen LogP contribution in [-0.4, -0.2) is 24.2 Å². The van der Waals surface area contributed by atoms with Gasteiger partial charge in [-0.1, -0.05) is 18.8 Å². The molecule has 1 saturated carbocycles. The Morgan fingerprint density at radius 2 is 2.39 bits per heavy atom. The fourth-order valence-corrected chi connectivity index (χ4v) is 2.27. The molecule has 18 heavy (non-hydrogen) atoms. The van der Waals surface area contributed by atoms with Crippen LogP contribution in [0.4, 0.5) is 0 Å². The first-order valence-corrected chi connectivity index (χ1v) is 6.97. The number of aliphatic hydroxyl groups excluding tert-OH is 1. The molecule has 0 bridgehead atoms. The number of carbonyl (C=O) groups is 1. The molecule has 0 atom stereocenters. The van der Waals surface area contributed by atoms with Crippen molar-refractivity contribution in [1.82, 2.24) is 5.32 Å². The Morgan fingerprint density at radius 1 is 1.61 bits per heavy atom. The molecule has 0 spiro atoms. The average Bonchev–Trinajstić information content (AvgIpc) is 2.91. The molecule has 1 fully saturated rings. The Balaban J connectivity index is 1.89. The van der Waals surface area contributed by atoms with Gasteiger partial charge in [-0.05, 0) is 24.3 Å². The van der Waals surface area contributed by atoms with E-state index in [1.165, 1.54) is 24.2 Å². The van der Waals surface area contributed by atoms with Gasteiger partial charge in [0, 0.05) is 18.3 Å². The topological polar surface area (TPSA) is 49.3 Å². The van der Waals surface area contributed by atoms with Crippen LogP contribution in [0.25, 0.3) is 0 Å². The van der Waals surface area contributed by atoms with Gasteiger partial charge in [0.25, 0.3) is 5.91 Å². The van der Waals surface area contributed by atoms with E-state index >= 15 is 0 Å². The molecular weight excluding hydrogens is 246 g/mol. The first-order valence-electron chi connectivity index (χ1n) is 6.09. The largest absolute Gasteiger partial charge is 0.395 e. The van der Waals surface area contributed by atoms with Crippen molar-refractivity contribution in [3.8, 4) is 11.8 Å². The molecule has 0 radical (unpaired) electrons. The van der Waals surface area contributed by atoms with Crippen LogP contribution in [0.1, 0.15) is 41.4 Å². The van der Waals surface area contributed by atoms with Gasteiger partial charge in [0.15, 0.2) is 0 Å². The zero-order valence-electron chi connectivity index (χ0n) is 10.5. The van der Waals surface area contributed by atoms with Gasteiger partial charge in [-0.15, -0.1) is 11.3 Å². The minimum Gasteiger partial charge on any atom is -0.395 e. The molecule has 1 heterocycles. The minimum atomic E-state index is -0.0189. The summed E-state index contributed by atoms with van der Waals surface area (Å²) in [6, 6.07) is 1.81. The van der Waals surface area contributed by atoms with Crippen molar-refractivity contribution in [1.29, 1.82) is 0 Å². The van der Waals surface area contributed by atoms with E-state index in [1.807, 2.05) is 5.38 Å². The van der Waals surface area contributed by atoms with Crippen LogP contribution in [0.2, 0.25) is 0 Å². The molecule has 96 valence electrons. The SMILES string of the molecule is CC1(CNC(=O)c2csc(C#CCCO)c2)CC1. The van der Waals surface area contributed by atoms with E-state index in [0.29, 0.717) is 17.4 Å². The summed E-state index contributed by atoms with van der Waals surface area (Å²) >= 11 is 1.46. The van der Waals surface area contributed by atoms with Crippen LogP contribution >= 0.6 is 11.3 Å². The van der Waals surface area contributed by atoms with Gasteiger partial charge in [-0.2, -0.15) is 0 Å². The number of hydrogen-bond acceptors (Lipinski definition) is 3. The smallest absolute Gasteiger partial charge is 0.252 e. The number of thiophene rings is 1. The molecule has 1 amide bonds. The monoisotopic (exact) mass is 263 g/mol. The molecule has 1 aliphatic rings. The normalized spacial score (nSPS) is 15.7. The first-order chi connectivity index (χ1) is 8.63. The second-order valence-corrected chi connectivity index (χ2v) is 5.88. The van der Waals surface area contributed by atoms with Gasteiger partial charge in [0.1, 0.15) is 0 Å². The molecule has 0 aliphatic heterocycles. The van der Waals surface area contributed by atoms with E-state index in [9.17, 15) is 4.79 Å². The molecule has 2 N–H and O–H groups in total. The summed E-state index contributed by atoms with van der Waals surface area (Å²) in [5.74, 6) is 5.76. The lowest BCUT2D eigenvalue weighted by Crippen LogP contribution is -2.28. The lowest BCUT2D eigenvalue weighted by molar-refractivity contribution is 0.0946. The zero-order chi connectivity index (χ0) is 13.0. The van der Waals surface area contributed by atoms with Crippen molar-refractivity contribution in [2.45, 2.75) is 26.2 Å². The number of hydrogen-bond donors (Lipinski definition) is 2. The fourth-order valence-electron chi connectivity index (χ4n) is 1.51. The Hall–Kier alpha value is -1.31. The van der Waals surface area contributed by atoms with Gasteiger partial charge in [-0.25, -0.2) is 0 Å². The van der Waals surface area contributed by atoms with E-state index in [4.69, 9.17) is 5.11 Å². The predicted molar refractivity (Wildman–Crippen MR) is 72.6 cm³/mol. The van der Waals surface area contributed by atoms with Crippen LogP contribution in [0.15, 0.2) is 11.4 Å². The summed E-state index contributed by atoms with van der Waals surface area (Å²) in [6.45, 7) is 3.02. The predicted octanol–water partition coefficient (Wildman–Crippen LogP) is 2.01. The molecule has 4 heteroatoms. The number of aliphatic hydroxyl groups is 1. The van der Waals surface area contributed by atoms with Crippen LogP contribution in [-0.2, 0) is 0 Å². The van der Waals surface area contributed by atoms with E-state index in [0.717, 1.165) is 11.4 Å². The van der Waals surface area contributed by atoms with Crippen LogP contribution in [0.3, 0.4) is 0 Å². The fraction of sp³-hybridized carbons (Fsp3) is 0.500. The molecule has 1 aromatic rings. The number of nitrogens with one attached hydrogen (secondary N) is 1. The standard InChI is InChI=1S/C14H17NO2S/c1-14(5-6-14)10-15-13(17)11-8-12(18-9-11)4-2-3-7-16/h8-9,16H,3,5-7,10H2,1H3,(H,15,17). The Kier molecular flexibility index (Phi) is 4.05. The molecule has 0 saturated heterocycles. The van der Waals surface area contributed by atoms with Crippen molar-refractivity contribution in [3.05, 3.63) is 21.9 Å². The number of rotatable bonds is 4. The Labute approximate surface area is 111 Å². The third-order valence-electron chi connectivity index (χ3n) is 3.09. The van der Waals surface area contributed by atoms with Gasteiger partial charge in [0.05, 0.1) is 17.0 Å².